The van der Waals surface area contributed by atoms with Crippen LogP contribution < -0.4 is 11.1 Å². The van der Waals surface area contributed by atoms with Crippen molar-refractivity contribution in [2.24, 2.45) is 0 Å². The summed E-state index contributed by atoms with van der Waals surface area (Å²) in [5, 5.41) is 12.9. The fraction of sp³-hybridized carbons (Fsp3) is 0.250. The van der Waals surface area contributed by atoms with Crippen molar-refractivity contribution in [2.45, 2.75) is 12.5 Å². The summed E-state index contributed by atoms with van der Waals surface area (Å²) in [4.78, 5) is 8.33. The van der Waals surface area contributed by atoms with E-state index in [-0.39, 0.29) is 12.6 Å². The monoisotopic (exact) mass is 282 g/mol. The van der Waals surface area contributed by atoms with Crippen molar-refractivity contribution in [3.8, 4) is 0 Å². The number of hydrogen-bond donors (Lipinski definition) is 3. The second kappa shape index (κ2) is 6.03. The molecule has 1 aliphatic rings. The predicted molar refractivity (Wildman–Crippen MR) is 82.4 cm³/mol. The molecule has 0 bridgehead atoms. The fourth-order valence-electron chi connectivity index (χ4n) is 2.59. The molecule has 5 nitrogen and oxygen atoms in total. The molecule has 4 N–H and O–H groups in total. The van der Waals surface area contributed by atoms with Gasteiger partial charge in [-0.1, -0.05) is 36.4 Å². The van der Waals surface area contributed by atoms with Crippen LogP contribution in [0.5, 0.6) is 0 Å². The van der Waals surface area contributed by atoms with Gasteiger partial charge in [-0.3, -0.25) is 0 Å². The van der Waals surface area contributed by atoms with Gasteiger partial charge < -0.3 is 16.2 Å². The van der Waals surface area contributed by atoms with Gasteiger partial charge in [0.25, 0.3) is 0 Å². The van der Waals surface area contributed by atoms with Crippen LogP contribution in [0.25, 0.3) is 5.57 Å². The van der Waals surface area contributed by atoms with Crippen LogP contribution in [0.2, 0.25) is 0 Å². The highest BCUT2D eigenvalue weighted by molar-refractivity contribution is 5.74. The summed E-state index contributed by atoms with van der Waals surface area (Å²) in [6, 6.07) is 9.83. The predicted octanol–water partition coefficient (Wildman–Crippen LogP) is 1.32. The first kappa shape index (κ1) is 13.7. The Morgan fingerprint density at radius 1 is 1.24 bits per heavy atom. The first-order valence-electron chi connectivity index (χ1n) is 6.97. The number of aliphatic hydroxyl groups excluding tert-OH is 1. The smallest absolute Gasteiger partial charge is 0.130 e. The number of fused-ring (bicyclic) bond motifs is 1. The van der Waals surface area contributed by atoms with Crippen molar-refractivity contribution < 1.29 is 5.11 Å². The second-order valence-electron chi connectivity index (χ2n) is 5.05. The third-order valence-electron chi connectivity index (χ3n) is 3.76. The maximum atomic E-state index is 9.57. The molecule has 2 aromatic rings. The number of anilines is 1. The van der Waals surface area contributed by atoms with Crippen LogP contribution in [0.4, 0.5) is 5.82 Å². The number of nitrogens with one attached hydrogen (secondary N) is 1. The van der Waals surface area contributed by atoms with Gasteiger partial charge in [0.2, 0.25) is 0 Å². The minimum atomic E-state index is -0.0877. The van der Waals surface area contributed by atoms with Gasteiger partial charge in [0.05, 0.1) is 18.3 Å². The van der Waals surface area contributed by atoms with Crippen LogP contribution >= 0.6 is 0 Å². The molecular formula is C16H18N4O. The first-order valence-corrected chi connectivity index (χ1v) is 6.97. The molecule has 0 amide bonds. The topological polar surface area (TPSA) is 84.1 Å². The Hall–Kier alpha value is -2.24. The standard InChI is InChI=1S/C16H18N4O/c17-16-13-7-6-12(15(13)19-10-20-16)8-18-14(9-21)11-4-2-1-3-5-11/h1-6,10,14,18,21H,7-9H2,(H2,17,19,20)/t14-/m1/s1. The zero-order chi connectivity index (χ0) is 14.7. The van der Waals surface area contributed by atoms with Gasteiger partial charge in [-0.2, -0.15) is 0 Å². The zero-order valence-corrected chi connectivity index (χ0v) is 11.7. The lowest BCUT2D eigenvalue weighted by molar-refractivity contribution is 0.248. The average Bonchev–Trinajstić information content (AvgIpc) is 2.94. The molecule has 21 heavy (non-hydrogen) atoms. The van der Waals surface area contributed by atoms with E-state index in [4.69, 9.17) is 5.73 Å². The van der Waals surface area contributed by atoms with E-state index >= 15 is 0 Å². The molecule has 0 spiro atoms. The highest BCUT2D eigenvalue weighted by atomic mass is 16.3. The second-order valence-corrected chi connectivity index (χ2v) is 5.05. The van der Waals surface area contributed by atoms with E-state index in [1.807, 2.05) is 30.3 Å². The maximum absolute atomic E-state index is 9.57. The first-order chi connectivity index (χ1) is 10.3. The van der Waals surface area contributed by atoms with E-state index in [0.717, 1.165) is 28.8 Å². The summed E-state index contributed by atoms with van der Waals surface area (Å²) in [5.41, 5.74) is 9.95. The molecule has 3 rings (SSSR count). The number of hydrogen-bond acceptors (Lipinski definition) is 5. The summed E-state index contributed by atoms with van der Waals surface area (Å²) in [6.07, 6.45) is 4.38. The Labute approximate surface area is 123 Å². The molecule has 0 saturated carbocycles. The SMILES string of the molecule is Nc1ncnc2c1CC=C2CN[C@H](CO)c1ccccc1. The Balaban J connectivity index is 1.71. The molecular weight excluding hydrogens is 264 g/mol. The van der Waals surface area contributed by atoms with Crippen LogP contribution in [-0.2, 0) is 6.42 Å². The number of rotatable bonds is 5. The Kier molecular flexibility index (Phi) is 3.94. The fourth-order valence-corrected chi connectivity index (χ4v) is 2.59. The minimum absolute atomic E-state index is 0.0516. The van der Waals surface area contributed by atoms with E-state index in [9.17, 15) is 5.11 Å². The molecule has 0 aliphatic heterocycles. The maximum Gasteiger partial charge on any atom is 0.130 e. The molecule has 0 saturated heterocycles. The molecule has 0 fully saturated rings. The Morgan fingerprint density at radius 3 is 2.81 bits per heavy atom. The van der Waals surface area contributed by atoms with Crippen LogP contribution in [0.15, 0.2) is 42.7 Å². The van der Waals surface area contributed by atoms with E-state index in [0.29, 0.717) is 12.4 Å². The zero-order valence-electron chi connectivity index (χ0n) is 11.7. The van der Waals surface area contributed by atoms with Gasteiger partial charge in [0.15, 0.2) is 0 Å². The Morgan fingerprint density at radius 2 is 2.05 bits per heavy atom. The minimum Gasteiger partial charge on any atom is -0.394 e. The molecule has 1 aliphatic carbocycles. The summed E-state index contributed by atoms with van der Waals surface area (Å²) >= 11 is 0. The highest BCUT2D eigenvalue weighted by Crippen LogP contribution is 2.28. The number of nitrogens with zero attached hydrogens (tertiary/aromatic N) is 2. The summed E-state index contributed by atoms with van der Waals surface area (Å²) < 4.78 is 0. The average molecular weight is 282 g/mol. The van der Waals surface area contributed by atoms with Gasteiger partial charge >= 0.3 is 0 Å². The third-order valence-corrected chi connectivity index (χ3v) is 3.76. The number of nitrogens with two attached hydrogens (primary N) is 1. The number of allylic oxidation sites excluding steroid dienone is 1. The molecule has 1 aromatic carbocycles. The number of aromatic nitrogens is 2. The van der Waals surface area contributed by atoms with Crippen LogP contribution in [0.3, 0.4) is 0 Å². The van der Waals surface area contributed by atoms with E-state index in [1.54, 1.807) is 0 Å². The molecule has 1 heterocycles. The lowest BCUT2D eigenvalue weighted by Gasteiger charge is -2.17. The quantitative estimate of drug-likeness (QED) is 0.770. The van der Waals surface area contributed by atoms with Crippen molar-refractivity contribution in [3.05, 3.63) is 59.6 Å². The summed E-state index contributed by atoms with van der Waals surface area (Å²) in [5.74, 6) is 0.549. The largest absolute Gasteiger partial charge is 0.394 e. The molecule has 0 radical (unpaired) electrons. The summed E-state index contributed by atoms with van der Waals surface area (Å²) in [7, 11) is 0. The Bertz CT molecular complexity index is 655. The third kappa shape index (κ3) is 2.79. The number of aliphatic hydroxyl groups is 1. The molecule has 1 aromatic heterocycles. The highest BCUT2D eigenvalue weighted by Gasteiger charge is 2.19. The normalized spacial score (nSPS) is 14.6. The molecule has 108 valence electrons. The van der Waals surface area contributed by atoms with Crippen molar-refractivity contribution in [2.75, 3.05) is 18.9 Å². The van der Waals surface area contributed by atoms with E-state index < -0.39 is 0 Å². The van der Waals surface area contributed by atoms with E-state index in [1.165, 1.54) is 6.33 Å². The lowest BCUT2D eigenvalue weighted by atomic mass is 10.1. The van der Waals surface area contributed by atoms with Crippen molar-refractivity contribution in [1.82, 2.24) is 15.3 Å². The van der Waals surface area contributed by atoms with Gasteiger partial charge in [0, 0.05) is 12.1 Å². The molecule has 1 atom stereocenters. The van der Waals surface area contributed by atoms with Crippen LogP contribution in [0.1, 0.15) is 22.9 Å². The van der Waals surface area contributed by atoms with Crippen molar-refractivity contribution >= 4 is 11.4 Å². The van der Waals surface area contributed by atoms with Crippen LogP contribution in [0, 0.1) is 0 Å². The van der Waals surface area contributed by atoms with E-state index in [2.05, 4.69) is 21.4 Å². The number of nitrogen functional groups attached to an aromatic ring is 1. The van der Waals surface area contributed by atoms with Crippen LogP contribution in [-0.4, -0.2) is 28.2 Å². The molecule has 0 unspecified atom stereocenters. The lowest BCUT2D eigenvalue weighted by Crippen LogP contribution is -2.26. The van der Waals surface area contributed by atoms with Crippen molar-refractivity contribution in [1.29, 1.82) is 0 Å². The van der Waals surface area contributed by atoms with Gasteiger partial charge in [-0.15, -0.1) is 0 Å². The molecule has 5 heteroatoms. The van der Waals surface area contributed by atoms with Gasteiger partial charge in [-0.05, 0) is 17.6 Å². The van der Waals surface area contributed by atoms with Crippen molar-refractivity contribution in [3.63, 3.8) is 0 Å². The van der Waals surface area contributed by atoms with Gasteiger partial charge in [0.1, 0.15) is 12.1 Å². The van der Waals surface area contributed by atoms with Gasteiger partial charge in [-0.25, -0.2) is 9.97 Å². The number of benzene rings is 1. The summed E-state index contributed by atoms with van der Waals surface area (Å²) in [6.45, 7) is 0.694.